The Morgan fingerprint density at radius 2 is 1.78 bits per heavy atom. The minimum Gasteiger partial charge on any atom is -0.496 e. The van der Waals surface area contributed by atoms with Crippen LogP contribution in [0.5, 0.6) is 17.2 Å². The first-order valence-electron chi connectivity index (χ1n) is 8.83. The van der Waals surface area contributed by atoms with Gasteiger partial charge in [-0.15, -0.1) is 11.3 Å². The molecule has 1 aromatic heterocycles. The third-order valence-corrected chi connectivity index (χ3v) is 4.70. The number of benzene rings is 1. The smallest absolute Gasteiger partial charge is 0.191 e. The number of nitrogens with one attached hydrogen (secondary N) is 2. The van der Waals surface area contributed by atoms with Crippen LogP contribution in [0.4, 0.5) is 0 Å². The molecule has 2 rings (SSSR count). The lowest BCUT2D eigenvalue weighted by Gasteiger charge is -2.14. The Morgan fingerprint density at radius 1 is 1.07 bits per heavy atom. The largest absolute Gasteiger partial charge is 0.496 e. The molecule has 0 saturated heterocycles. The summed E-state index contributed by atoms with van der Waals surface area (Å²) in [4.78, 5) is 9.14. The summed E-state index contributed by atoms with van der Waals surface area (Å²) in [5.41, 5.74) is 2.02. The molecule has 0 aliphatic rings. The van der Waals surface area contributed by atoms with Crippen LogP contribution >= 0.6 is 11.3 Å². The number of nitrogens with zero attached hydrogens (tertiary/aromatic N) is 2. The number of ether oxygens (including phenoxy) is 3. The van der Waals surface area contributed by atoms with E-state index in [2.05, 4.69) is 26.0 Å². The molecule has 148 valence electrons. The van der Waals surface area contributed by atoms with Crippen LogP contribution in [0, 0.1) is 6.92 Å². The number of aryl methyl sites for hydroxylation is 1. The van der Waals surface area contributed by atoms with E-state index in [1.807, 2.05) is 26.0 Å². The van der Waals surface area contributed by atoms with Crippen molar-refractivity contribution < 1.29 is 14.2 Å². The normalized spacial score (nSPS) is 11.2. The lowest BCUT2D eigenvalue weighted by Crippen LogP contribution is -2.38. The highest BCUT2D eigenvalue weighted by Gasteiger charge is 2.12. The third-order valence-electron chi connectivity index (χ3n) is 3.88. The van der Waals surface area contributed by atoms with Crippen LogP contribution in [0.2, 0.25) is 0 Å². The molecule has 0 spiro atoms. The van der Waals surface area contributed by atoms with Crippen LogP contribution in [0.15, 0.2) is 22.5 Å². The van der Waals surface area contributed by atoms with Crippen LogP contribution < -0.4 is 24.8 Å². The van der Waals surface area contributed by atoms with E-state index in [0.717, 1.165) is 41.7 Å². The Balaban J connectivity index is 2.06. The van der Waals surface area contributed by atoms with Gasteiger partial charge in [0.2, 0.25) is 0 Å². The monoisotopic (exact) mass is 392 g/mol. The number of aromatic nitrogens is 1. The molecule has 0 bridgehead atoms. The van der Waals surface area contributed by atoms with Gasteiger partial charge in [0, 0.05) is 36.5 Å². The molecule has 0 amide bonds. The zero-order valence-corrected chi connectivity index (χ0v) is 17.4. The van der Waals surface area contributed by atoms with Crippen molar-refractivity contribution in [2.75, 3.05) is 34.4 Å². The van der Waals surface area contributed by atoms with Crippen molar-refractivity contribution in [2.45, 2.75) is 26.8 Å². The standard InChI is InChI=1S/C19H28N4O3S/c1-6-20-19(21-8-7-15-12-27-13(2)23-15)22-11-14-9-17(25-4)18(26-5)10-16(14)24-3/h9-10,12H,6-8,11H2,1-5H3,(H2,20,21,22). The first-order chi connectivity index (χ1) is 13.1. The van der Waals surface area contributed by atoms with Gasteiger partial charge in [-0.25, -0.2) is 9.98 Å². The molecule has 7 nitrogen and oxygen atoms in total. The average molecular weight is 393 g/mol. The van der Waals surface area contributed by atoms with Crippen molar-refractivity contribution in [3.8, 4) is 17.2 Å². The van der Waals surface area contributed by atoms with Crippen molar-refractivity contribution in [1.82, 2.24) is 15.6 Å². The van der Waals surface area contributed by atoms with Crippen molar-refractivity contribution in [2.24, 2.45) is 4.99 Å². The van der Waals surface area contributed by atoms with Gasteiger partial charge in [0.05, 0.1) is 38.6 Å². The fourth-order valence-electron chi connectivity index (χ4n) is 2.55. The minimum absolute atomic E-state index is 0.453. The number of methoxy groups -OCH3 is 3. The number of hydrogen-bond acceptors (Lipinski definition) is 6. The zero-order chi connectivity index (χ0) is 19.6. The van der Waals surface area contributed by atoms with Crippen molar-refractivity contribution in [1.29, 1.82) is 0 Å². The number of thiazole rings is 1. The van der Waals surface area contributed by atoms with Crippen LogP contribution in [0.3, 0.4) is 0 Å². The Kier molecular flexibility index (Phi) is 8.19. The van der Waals surface area contributed by atoms with E-state index >= 15 is 0 Å². The fourth-order valence-corrected chi connectivity index (χ4v) is 3.20. The Bertz CT molecular complexity index is 761. The van der Waals surface area contributed by atoms with Gasteiger partial charge in [0.1, 0.15) is 5.75 Å². The predicted molar refractivity (Wildman–Crippen MR) is 109 cm³/mol. The van der Waals surface area contributed by atoms with E-state index in [9.17, 15) is 0 Å². The average Bonchev–Trinajstić information content (AvgIpc) is 3.10. The molecule has 0 aliphatic heterocycles. The summed E-state index contributed by atoms with van der Waals surface area (Å²) in [6.07, 6.45) is 0.856. The summed E-state index contributed by atoms with van der Waals surface area (Å²) < 4.78 is 16.2. The third kappa shape index (κ3) is 6.02. The molecule has 0 unspecified atom stereocenters. The molecule has 1 heterocycles. The second-order valence-electron chi connectivity index (χ2n) is 5.75. The molecule has 2 N–H and O–H groups in total. The van der Waals surface area contributed by atoms with Gasteiger partial charge in [-0.3, -0.25) is 0 Å². The highest BCUT2D eigenvalue weighted by molar-refractivity contribution is 7.09. The first-order valence-corrected chi connectivity index (χ1v) is 9.71. The molecule has 2 aromatic rings. The first kappa shape index (κ1) is 20.8. The zero-order valence-electron chi connectivity index (χ0n) is 16.6. The van der Waals surface area contributed by atoms with E-state index in [-0.39, 0.29) is 0 Å². The molecular weight excluding hydrogens is 364 g/mol. The Hall–Kier alpha value is -2.48. The number of hydrogen-bond donors (Lipinski definition) is 2. The van der Waals surface area contributed by atoms with Gasteiger partial charge < -0.3 is 24.8 Å². The van der Waals surface area contributed by atoms with Gasteiger partial charge in [0.25, 0.3) is 0 Å². The summed E-state index contributed by atoms with van der Waals surface area (Å²) in [5, 5.41) is 9.78. The highest BCUT2D eigenvalue weighted by atomic mass is 32.1. The predicted octanol–water partition coefficient (Wildman–Crippen LogP) is 2.78. The van der Waals surface area contributed by atoms with Crippen LogP contribution in [-0.4, -0.2) is 45.4 Å². The lowest BCUT2D eigenvalue weighted by atomic mass is 10.1. The minimum atomic E-state index is 0.453. The maximum absolute atomic E-state index is 5.47. The van der Waals surface area contributed by atoms with Crippen molar-refractivity contribution in [3.63, 3.8) is 0 Å². The molecule has 0 saturated carbocycles. The summed E-state index contributed by atoms with van der Waals surface area (Å²) in [6, 6.07) is 3.71. The topological polar surface area (TPSA) is 77.0 Å². The van der Waals surface area contributed by atoms with E-state index in [1.54, 1.807) is 32.7 Å². The highest BCUT2D eigenvalue weighted by Crippen LogP contribution is 2.34. The summed E-state index contributed by atoms with van der Waals surface area (Å²) in [6.45, 7) is 6.05. The van der Waals surface area contributed by atoms with Crippen molar-refractivity contribution in [3.05, 3.63) is 33.8 Å². The lowest BCUT2D eigenvalue weighted by molar-refractivity contribution is 0.347. The number of guanidine groups is 1. The van der Waals surface area contributed by atoms with Crippen LogP contribution in [0.25, 0.3) is 0 Å². The van der Waals surface area contributed by atoms with E-state index in [0.29, 0.717) is 23.8 Å². The van der Waals surface area contributed by atoms with Gasteiger partial charge in [0.15, 0.2) is 17.5 Å². The van der Waals surface area contributed by atoms with Crippen LogP contribution in [0.1, 0.15) is 23.2 Å². The van der Waals surface area contributed by atoms with E-state index in [4.69, 9.17) is 14.2 Å². The molecule has 1 aromatic carbocycles. The summed E-state index contributed by atoms with van der Waals surface area (Å²) >= 11 is 1.67. The fraction of sp³-hybridized carbons (Fsp3) is 0.474. The van der Waals surface area contributed by atoms with Crippen LogP contribution in [-0.2, 0) is 13.0 Å². The van der Waals surface area contributed by atoms with Gasteiger partial charge >= 0.3 is 0 Å². The SMILES string of the molecule is CCNC(=NCc1cc(OC)c(OC)cc1OC)NCCc1csc(C)n1. The molecule has 8 heteroatoms. The molecule has 0 radical (unpaired) electrons. The van der Waals surface area contributed by atoms with Crippen molar-refractivity contribution >= 4 is 17.3 Å². The number of aliphatic imine (C=N–C) groups is 1. The molecule has 0 aliphatic carbocycles. The molecule has 0 fully saturated rings. The van der Waals surface area contributed by atoms with Gasteiger partial charge in [-0.05, 0) is 19.9 Å². The maximum atomic E-state index is 5.47. The number of rotatable bonds is 9. The quantitative estimate of drug-likeness (QED) is 0.505. The Labute approximate surface area is 164 Å². The van der Waals surface area contributed by atoms with Gasteiger partial charge in [-0.1, -0.05) is 0 Å². The van der Waals surface area contributed by atoms with E-state index in [1.165, 1.54) is 0 Å². The summed E-state index contributed by atoms with van der Waals surface area (Å²) in [7, 11) is 4.85. The van der Waals surface area contributed by atoms with E-state index < -0.39 is 0 Å². The Morgan fingerprint density at radius 3 is 2.37 bits per heavy atom. The second kappa shape index (κ2) is 10.6. The molecule has 27 heavy (non-hydrogen) atoms. The molecule has 0 atom stereocenters. The van der Waals surface area contributed by atoms with Gasteiger partial charge in [-0.2, -0.15) is 0 Å². The maximum Gasteiger partial charge on any atom is 0.191 e. The molecular formula is C19H28N4O3S. The second-order valence-corrected chi connectivity index (χ2v) is 6.81. The summed E-state index contributed by atoms with van der Waals surface area (Å²) in [5.74, 6) is 2.75.